The van der Waals surface area contributed by atoms with Gasteiger partial charge in [0.25, 0.3) is 0 Å². The molecular formula is C19H17F3N2O5S. The van der Waals surface area contributed by atoms with Crippen molar-refractivity contribution in [1.29, 1.82) is 0 Å². The van der Waals surface area contributed by atoms with Crippen LogP contribution in [0.3, 0.4) is 0 Å². The summed E-state index contributed by atoms with van der Waals surface area (Å²) >= 11 is 0. The molecule has 1 saturated heterocycles. The largest absolute Gasteiger partial charge is 0.454 e. The van der Waals surface area contributed by atoms with E-state index < -0.39 is 32.6 Å². The van der Waals surface area contributed by atoms with E-state index in [0.29, 0.717) is 17.2 Å². The number of hydrogen-bond donors (Lipinski definition) is 1. The Bertz CT molecular complexity index is 1090. The fraction of sp³-hybridized carbons (Fsp3) is 0.316. The first-order chi connectivity index (χ1) is 14.1. The maximum absolute atomic E-state index is 13.1. The summed E-state index contributed by atoms with van der Waals surface area (Å²) in [4.78, 5) is 13.0. The minimum Gasteiger partial charge on any atom is -0.454 e. The quantitative estimate of drug-likeness (QED) is 0.770. The number of sulfonamides is 1. The van der Waals surface area contributed by atoms with Crippen molar-refractivity contribution < 1.29 is 35.9 Å². The van der Waals surface area contributed by atoms with Crippen molar-refractivity contribution in [2.24, 2.45) is 5.92 Å². The van der Waals surface area contributed by atoms with Gasteiger partial charge >= 0.3 is 6.18 Å². The van der Waals surface area contributed by atoms with Crippen molar-refractivity contribution in [2.45, 2.75) is 17.5 Å². The summed E-state index contributed by atoms with van der Waals surface area (Å²) in [5.74, 6) is 0.468. The Labute approximate surface area is 170 Å². The van der Waals surface area contributed by atoms with Crippen molar-refractivity contribution in [1.82, 2.24) is 4.72 Å². The van der Waals surface area contributed by atoms with E-state index in [2.05, 4.69) is 4.72 Å². The number of nitrogens with zero attached hydrogens (tertiary/aromatic N) is 1. The Morgan fingerprint density at radius 3 is 2.60 bits per heavy atom. The topological polar surface area (TPSA) is 84.9 Å². The average Bonchev–Trinajstić information content (AvgIpc) is 3.31. The fourth-order valence-corrected chi connectivity index (χ4v) is 4.80. The van der Waals surface area contributed by atoms with E-state index in [0.717, 1.165) is 18.2 Å². The number of amides is 1. The summed E-state index contributed by atoms with van der Waals surface area (Å²) in [6.07, 6.45) is -4.73. The molecule has 160 valence electrons. The number of fused-ring (bicyclic) bond motifs is 1. The van der Waals surface area contributed by atoms with Crippen LogP contribution >= 0.6 is 0 Å². The monoisotopic (exact) mass is 442 g/mol. The van der Waals surface area contributed by atoms with Crippen LogP contribution in [0.2, 0.25) is 0 Å². The zero-order chi connectivity index (χ0) is 21.5. The van der Waals surface area contributed by atoms with Crippen LogP contribution in [0.5, 0.6) is 11.5 Å². The number of carbonyl (C=O) groups excluding carboxylic acids is 1. The molecule has 2 aromatic carbocycles. The van der Waals surface area contributed by atoms with Gasteiger partial charge in [-0.15, -0.1) is 0 Å². The predicted molar refractivity (Wildman–Crippen MR) is 99.7 cm³/mol. The van der Waals surface area contributed by atoms with E-state index in [-0.39, 0.29) is 32.2 Å². The molecule has 0 aromatic heterocycles. The van der Waals surface area contributed by atoms with Crippen LogP contribution in [-0.4, -0.2) is 34.2 Å². The lowest BCUT2D eigenvalue weighted by Gasteiger charge is -2.18. The number of hydrogen-bond acceptors (Lipinski definition) is 5. The fourth-order valence-electron chi connectivity index (χ4n) is 3.46. The van der Waals surface area contributed by atoms with Gasteiger partial charge in [0.2, 0.25) is 22.7 Å². The third-order valence-electron chi connectivity index (χ3n) is 4.92. The Balaban J connectivity index is 1.46. The van der Waals surface area contributed by atoms with Crippen LogP contribution < -0.4 is 19.1 Å². The third-order valence-corrected chi connectivity index (χ3v) is 6.40. The number of ether oxygens (including phenoxy) is 2. The number of nitrogens with one attached hydrogen (secondary N) is 1. The molecule has 2 heterocycles. The van der Waals surface area contributed by atoms with E-state index in [1.54, 1.807) is 18.2 Å². The normalized spacial score (nSPS) is 18.8. The Hall–Kier alpha value is -2.79. The molecule has 0 spiro atoms. The first-order valence-corrected chi connectivity index (χ1v) is 10.5. The zero-order valence-electron chi connectivity index (χ0n) is 15.5. The number of rotatable bonds is 5. The van der Waals surface area contributed by atoms with E-state index >= 15 is 0 Å². The highest BCUT2D eigenvalue weighted by Crippen LogP contribution is 2.37. The Morgan fingerprint density at radius 2 is 1.83 bits per heavy atom. The van der Waals surface area contributed by atoms with Crippen molar-refractivity contribution in [2.75, 3.05) is 24.8 Å². The molecule has 0 unspecified atom stereocenters. The van der Waals surface area contributed by atoms with E-state index in [1.165, 1.54) is 11.0 Å². The first-order valence-electron chi connectivity index (χ1n) is 9.01. The van der Waals surface area contributed by atoms with Gasteiger partial charge in [-0.1, -0.05) is 12.1 Å². The van der Waals surface area contributed by atoms with Crippen LogP contribution in [0.4, 0.5) is 18.9 Å². The van der Waals surface area contributed by atoms with Gasteiger partial charge in [0.05, 0.1) is 10.5 Å². The number of halogens is 3. The second kappa shape index (κ2) is 7.47. The molecule has 1 fully saturated rings. The molecule has 7 nitrogen and oxygen atoms in total. The van der Waals surface area contributed by atoms with E-state index in [4.69, 9.17) is 9.47 Å². The minimum atomic E-state index is -4.80. The van der Waals surface area contributed by atoms with Crippen LogP contribution in [0.15, 0.2) is 47.4 Å². The molecule has 2 aliphatic heterocycles. The van der Waals surface area contributed by atoms with E-state index in [1.807, 2.05) is 0 Å². The number of benzene rings is 2. The van der Waals surface area contributed by atoms with Crippen molar-refractivity contribution in [3.63, 3.8) is 0 Å². The van der Waals surface area contributed by atoms with Gasteiger partial charge in [-0.2, -0.15) is 13.2 Å². The van der Waals surface area contributed by atoms with Gasteiger partial charge in [0, 0.05) is 31.3 Å². The molecule has 30 heavy (non-hydrogen) atoms. The van der Waals surface area contributed by atoms with Gasteiger partial charge in [0.15, 0.2) is 11.5 Å². The van der Waals surface area contributed by atoms with Gasteiger partial charge in [-0.3, -0.25) is 4.79 Å². The molecule has 0 bridgehead atoms. The minimum absolute atomic E-state index is 0.0673. The van der Waals surface area contributed by atoms with Gasteiger partial charge in [0.1, 0.15) is 0 Å². The molecule has 1 atom stereocenters. The zero-order valence-corrected chi connectivity index (χ0v) is 16.3. The lowest BCUT2D eigenvalue weighted by Crippen LogP contribution is -2.32. The third kappa shape index (κ3) is 3.94. The molecule has 0 radical (unpaired) electrons. The highest BCUT2D eigenvalue weighted by Gasteiger charge is 2.38. The average molecular weight is 442 g/mol. The van der Waals surface area contributed by atoms with Crippen molar-refractivity contribution >= 4 is 21.6 Å². The highest BCUT2D eigenvalue weighted by molar-refractivity contribution is 7.89. The summed E-state index contributed by atoms with van der Waals surface area (Å²) in [6, 6.07) is 9.00. The maximum Gasteiger partial charge on any atom is 0.417 e. The predicted octanol–water partition coefficient (Wildman–Crippen LogP) is 2.77. The molecule has 2 aromatic rings. The first kappa shape index (κ1) is 20.5. The maximum atomic E-state index is 13.1. The van der Waals surface area contributed by atoms with E-state index in [9.17, 15) is 26.4 Å². The molecule has 2 aliphatic rings. The van der Waals surface area contributed by atoms with Crippen LogP contribution in [-0.2, 0) is 21.0 Å². The molecule has 0 aliphatic carbocycles. The summed E-state index contributed by atoms with van der Waals surface area (Å²) in [6.45, 7) is 0.153. The Kier molecular flexibility index (Phi) is 5.10. The summed E-state index contributed by atoms with van der Waals surface area (Å²) in [7, 11) is -4.41. The van der Waals surface area contributed by atoms with Crippen molar-refractivity contribution in [3.05, 3.63) is 48.0 Å². The molecule has 1 N–H and O–H groups in total. The smallest absolute Gasteiger partial charge is 0.417 e. The second-order valence-corrected chi connectivity index (χ2v) is 8.69. The van der Waals surface area contributed by atoms with Gasteiger partial charge in [-0.25, -0.2) is 13.1 Å². The number of anilines is 1. The summed E-state index contributed by atoms with van der Waals surface area (Å²) < 4.78 is 77.1. The van der Waals surface area contributed by atoms with Crippen LogP contribution in [0.1, 0.15) is 12.0 Å². The summed E-state index contributed by atoms with van der Waals surface area (Å²) in [5, 5.41) is 0. The molecule has 4 rings (SSSR count). The number of alkyl halides is 3. The molecular weight excluding hydrogens is 425 g/mol. The molecule has 0 saturated carbocycles. The lowest BCUT2D eigenvalue weighted by molar-refractivity contribution is -0.139. The van der Waals surface area contributed by atoms with Gasteiger partial charge < -0.3 is 14.4 Å². The number of carbonyl (C=O) groups is 1. The summed E-state index contributed by atoms with van der Waals surface area (Å²) in [5.41, 5.74) is -0.654. The lowest BCUT2D eigenvalue weighted by atomic mass is 10.1. The van der Waals surface area contributed by atoms with Crippen LogP contribution in [0.25, 0.3) is 0 Å². The second-order valence-electron chi connectivity index (χ2n) is 6.96. The highest BCUT2D eigenvalue weighted by atomic mass is 32.2. The molecule has 1 amide bonds. The van der Waals surface area contributed by atoms with Crippen molar-refractivity contribution in [3.8, 4) is 11.5 Å². The Morgan fingerprint density at radius 1 is 1.10 bits per heavy atom. The van der Waals surface area contributed by atoms with Crippen LogP contribution in [0, 0.1) is 5.92 Å². The standard InChI is InChI=1S/C19H17F3N2O5S/c20-19(21,22)14-3-1-2-4-17(14)30(26,27)23-9-12-7-18(25)24(10-12)13-5-6-15-16(8-13)29-11-28-15/h1-6,8,12,23H,7,9-11H2/t12-/m0/s1. The van der Waals surface area contributed by atoms with Gasteiger partial charge in [-0.05, 0) is 30.2 Å². The SMILES string of the molecule is O=C1C[C@@H](CNS(=O)(=O)c2ccccc2C(F)(F)F)CN1c1ccc2c(c1)OCO2. The molecule has 11 heteroatoms.